The van der Waals surface area contributed by atoms with Crippen LogP contribution in [0.15, 0.2) is 0 Å². The van der Waals surface area contributed by atoms with Gasteiger partial charge in [-0.05, 0) is 12.8 Å². The summed E-state index contributed by atoms with van der Waals surface area (Å²) < 4.78 is 5.23. The molecule has 0 aromatic rings. The number of carbonyl (C=O) groups is 2. The van der Waals surface area contributed by atoms with Crippen molar-refractivity contribution in [1.82, 2.24) is 4.90 Å². The molecule has 0 aromatic heterocycles. The van der Waals surface area contributed by atoms with Crippen LogP contribution in [0.4, 0.5) is 0 Å². The number of carboxylic acids is 1. The lowest BCUT2D eigenvalue weighted by Crippen LogP contribution is -2.46. The van der Waals surface area contributed by atoms with Gasteiger partial charge in [0.25, 0.3) is 0 Å². The quantitative estimate of drug-likeness (QED) is 0.732. The van der Waals surface area contributed by atoms with Gasteiger partial charge in [-0.3, -0.25) is 9.59 Å². The first kappa shape index (κ1) is 15.0. The van der Waals surface area contributed by atoms with Gasteiger partial charge >= 0.3 is 5.97 Å². The largest absolute Gasteiger partial charge is 0.481 e. The molecule has 0 aromatic carbocycles. The predicted octanol–water partition coefficient (Wildman–Crippen LogP) is 1.52. The zero-order valence-electron chi connectivity index (χ0n) is 11.3. The maximum absolute atomic E-state index is 12.3. The fourth-order valence-corrected chi connectivity index (χ4v) is 2.14. The van der Waals surface area contributed by atoms with Crippen molar-refractivity contribution in [3.63, 3.8) is 0 Å². The van der Waals surface area contributed by atoms with Crippen LogP contribution in [0.5, 0.6) is 0 Å². The summed E-state index contributed by atoms with van der Waals surface area (Å²) >= 11 is 0. The third-order valence-electron chi connectivity index (χ3n) is 3.32. The fourth-order valence-electron chi connectivity index (χ4n) is 2.14. The SMILES string of the molecule is CC(C)(CCCCC(=O)O)C(=O)N1CCOCC1. The number of rotatable bonds is 6. The number of hydrogen-bond donors (Lipinski definition) is 1. The van der Waals surface area contributed by atoms with Crippen molar-refractivity contribution in [2.75, 3.05) is 26.3 Å². The molecule has 1 heterocycles. The van der Waals surface area contributed by atoms with E-state index in [0.717, 1.165) is 12.8 Å². The molecule has 5 heteroatoms. The van der Waals surface area contributed by atoms with Gasteiger partial charge < -0.3 is 14.7 Å². The van der Waals surface area contributed by atoms with Crippen LogP contribution >= 0.6 is 0 Å². The second-order valence-electron chi connectivity index (χ2n) is 5.39. The van der Waals surface area contributed by atoms with Gasteiger partial charge in [0.15, 0.2) is 0 Å². The Bertz CT molecular complexity index is 295. The summed E-state index contributed by atoms with van der Waals surface area (Å²) in [5.41, 5.74) is -0.407. The van der Waals surface area contributed by atoms with E-state index >= 15 is 0 Å². The summed E-state index contributed by atoms with van der Waals surface area (Å²) in [5.74, 6) is -0.617. The zero-order valence-corrected chi connectivity index (χ0v) is 11.3. The van der Waals surface area contributed by atoms with Crippen LogP contribution < -0.4 is 0 Å². The lowest BCUT2D eigenvalue weighted by molar-refractivity contribution is -0.144. The maximum atomic E-state index is 12.3. The molecule has 18 heavy (non-hydrogen) atoms. The summed E-state index contributed by atoms with van der Waals surface area (Å²) in [6, 6.07) is 0. The molecule has 1 aliphatic rings. The summed E-state index contributed by atoms with van der Waals surface area (Å²) in [7, 11) is 0. The van der Waals surface area contributed by atoms with E-state index in [1.54, 1.807) is 0 Å². The number of amides is 1. The van der Waals surface area contributed by atoms with E-state index in [0.29, 0.717) is 32.7 Å². The molecule has 1 aliphatic heterocycles. The molecule has 0 unspecified atom stereocenters. The summed E-state index contributed by atoms with van der Waals surface area (Å²) in [6.07, 6.45) is 2.32. The lowest BCUT2D eigenvalue weighted by Gasteiger charge is -2.34. The van der Waals surface area contributed by atoms with Gasteiger partial charge in [0, 0.05) is 24.9 Å². The minimum atomic E-state index is -0.771. The number of carboxylic acid groups (broad SMARTS) is 1. The minimum absolute atomic E-state index is 0.154. The highest BCUT2D eigenvalue weighted by atomic mass is 16.5. The Balaban J connectivity index is 2.36. The number of hydrogen-bond acceptors (Lipinski definition) is 3. The Hall–Kier alpha value is -1.10. The van der Waals surface area contributed by atoms with Crippen LogP contribution in [0.25, 0.3) is 0 Å². The van der Waals surface area contributed by atoms with Crippen LogP contribution in [0.1, 0.15) is 39.5 Å². The molecule has 0 bridgehead atoms. The summed E-state index contributed by atoms with van der Waals surface area (Å²) in [6.45, 7) is 6.42. The topological polar surface area (TPSA) is 66.8 Å². The molecule has 1 fully saturated rings. The number of carbonyl (C=O) groups excluding carboxylic acids is 1. The Kier molecular flexibility index (Phi) is 5.59. The van der Waals surface area contributed by atoms with Gasteiger partial charge in [-0.1, -0.05) is 20.3 Å². The van der Waals surface area contributed by atoms with Crippen molar-refractivity contribution in [2.24, 2.45) is 5.41 Å². The number of morpholine rings is 1. The van der Waals surface area contributed by atoms with Crippen LogP contribution in [0.2, 0.25) is 0 Å². The molecule has 0 atom stereocenters. The van der Waals surface area contributed by atoms with Gasteiger partial charge in [0.1, 0.15) is 0 Å². The third kappa shape index (κ3) is 4.64. The van der Waals surface area contributed by atoms with Crippen LogP contribution in [-0.2, 0) is 14.3 Å². The average Bonchev–Trinajstić information content (AvgIpc) is 2.34. The molecule has 1 saturated heterocycles. The number of ether oxygens (including phenoxy) is 1. The highest BCUT2D eigenvalue weighted by Crippen LogP contribution is 2.26. The monoisotopic (exact) mass is 257 g/mol. The molecule has 0 saturated carbocycles. The van der Waals surface area contributed by atoms with Gasteiger partial charge in [-0.2, -0.15) is 0 Å². The molecule has 0 radical (unpaired) electrons. The van der Waals surface area contributed by atoms with E-state index < -0.39 is 11.4 Å². The number of nitrogens with zero attached hydrogens (tertiary/aromatic N) is 1. The maximum Gasteiger partial charge on any atom is 0.303 e. The molecule has 1 amide bonds. The first-order valence-corrected chi connectivity index (χ1v) is 6.52. The second-order valence-corrected chi connectivity index (χ2v) is 5.39. The van der Waals surface area contributed by atoms with E-state index in [9.17, 15) is 9.59 Å². The van der Waals surface area contributed by atoms with Crippen molar-refractivity contribution in [3.8, 4) is 0 Å². The normalized spacial score (nSPS) is 16.7. The van der Waals surface area contributed by atoms with Crippen LogP contribution in [0, 0.1) is 5.41 Å². The fraction of sp³-hybridized carbons (Fsp3) is 0.846. The van der Waals surface area contributed by atoms with Crippen molar-refractivity contribution in [1.29, 1.82) is 0 Å². The zero-order chi connectivity index (χ0) is 13.6. The van der Waals surface area contributed by atoms with E-state index in [-0.39, 0.29) is 12.3 Å². The van der Waals surface area contributed by atoms with Crippen LogP contribution in [0.3, 0.4) is 0 Å². The smallest absolute Gasteiger partial charge is 0.303 e. The lowest BCUT2D eigenvalue weighted by atomic mass is 9.85. The summed E-state index contributed by atoms with van der Waals surface area (Å²) in [4.78, 5) is 24.6. The third-order valence-corrected chi connectivity index (χ3v) is 3.32. The van der Waals surface area contributed by atoms with Crippen molar-refractivity contribution < 1.29 is 19.4 Å². The predicted molar refractivity (Wildman–Crippen MR) is 67.3 cm³/mol. The van der Waals surface area contributed by atoms with E-state index in [2.05, 4.69) is 0 Å². The molecular weight excluding hydrogens is 234 g/mol. The molecule has 104 valence electrons. The van der Waals surface area contributed by atoms with E-state index in [4.69, 9.17) is 9.84 Å². The molecule has 0 spiro atoms. The number of aliphatic carboxylic acids is 1. The van der Waals surface area contributed by atoms with Gasteiger partial charge in [-0.15, -0.1) is 0 Å². The van der Waals surface area contributed by atoms with Crippen molar-refractivity contribution in [2.45, 2.75) is 39.5 Å². The van der Waals surface area contributed by atoms with E-state index in [1.807, 2.05) is 18.7 Å². The molecule has 1 N–H and O–H groups in total. The standard InChI is InChI=1S/C13H23NO4/c1-13(2,6-4-3-5-11(15)16)12(17)14-7-9-18-10-8-14/h3-10H2,1-2H3,(H,15,16). The molecule has 5 nitrogen and oxygen atoms in total. The average molecular weight is 257 g/mol. The second kappa shape index (κ2) is 6.73. The van der Waals surface area contributed by atoms with Gasteiger partial charge in [0.2, 0.25) is 5.91 Å². The van der Waals surface area contributed by atoms with Gasteiger partial charge in [0.05, 0.1) is 13.2 Å². The van der Waals surface area contributed by atoms with E-state index in [1.165, 1.54) is 0 Å². The Morgan fingerprint density at radius 2 is 1.83 bits per heavy atom. The molecular formula is C13H23NO4. The van der Waals surface area contributed by atoms with Crippen LogP contribution in [-0.4, -0.2) is 48.2 Å². The Morgan fingerprint density at radius 3 is 2.39 bits per heavy atom. The number of unbranched alkanes of at least 4 members (excludes halogenated alkanes) is 1. The van der Waals surface area contributed by atoms with Crippen molar-refractivity contribution in [3.05, 3.63) is 0 Å². The first-order valence-electron chi connectivity index (χ1n) is 6.52. The Labute approximate surface area is 108 Å². The highest BCUT2D eigenvalue weighted by molar-refractivity contribution is 5.82. The first-order chi connectivity index (χ1) is 8.43. The minimum Gasteiger partial charge on any atom is -0.481 e. The highest BCUT2D eigenvalue weighted by Gasteiger charge is 2.32. The molecule has 0 aliphatic carbocycles. The Morgan fingerprint density at radius 1 is 1.22 bits per heavy atom. The molecule has 1 rings (SSSR count). The van der Waals surface area contributed by atoms with Gasteiger partial charge in [-0.25, -0.2) is 0 Å². The summed E-state index contributed by atoms with van der Waals surface area (Å²) in [5, 5.41) is 8.57. The van der Waals surface area contributed by atoms with Crippen molar-refractivity contribution >= 4 is 11.9 Å².